The number of imidazole rings is 1. The summed E-state index contributed by atoms with van der Waals surface area (Å²) in [6.45, 7) is 7.98. The van der Waals surface area contributed by atoms with Crippen molar-refractivity contribution in [1.29, 1.82) is 0 Å². The van der Waals surface area contributed by atoms with Crippen LogP contribution in [-0.4, -0.2) is 79.7 Å². The number of hydrogen-bond donors (Lipinski definition) is 1. The van der Waals surface area contributed by atoms with Crippen LogP contribution in [0.25, 0.3) is 0 Å². The molecule has 0 spiro atoms. The van der Waals surface area contributed by atoms with Crippen LogP contribution in [0.1, 0.15) is 20.3 Å². The number of carboxylic acids is 1. The van der Waals surface area contributed by atoms with Crippen LogP contribution in [0.5, 0.6) is 6.01 Å². The summed E-state index contributed by atoms with van der Waals surface area (Å²) in [6.07, 6.45) is 1.99. The molecule has 0 radical (unpaired) electrons. The zero-order chi connectivity index (χ0) is 18.2. The number of carboxylic acid groups (broad SMARTS) is 1. The van der Waals surface area contributed by atoms with Crippen LogP contribution in [0.3, 0.4) is 0 Å². The van der Waals surface area contributed by atoms with Crippen LogP contribution in [0.2, 0.25) is 0 Å². The molecule has 3 rings (SSSR count). The van der Waals surface area contributed by atoms with Crippen LogP contribution in [0.15, 0.2) is 6.20 Å². The van der Waals surface area contributed by atoms with Crippen LogP contribution < -0.4 is 4.74 Å². The fourth-order valence-electron chi connectivity index (χ4n) is 3.66. The van der Waals surface area contributed by atoms with E-state index in [2.05, 4.69) is 9.88 Å². The number of ether oxygens (including phenoxy) is 1. The van der Waals surface area contributed by atoms with Crippen LogP contribution in [-0.2, 0) is 11.3 Å². The molecule has 1 fully saturated rings. The number of hydrogen-bond acceptors (Lipinski definition) is 7. The third kappa shape index (κ3) is 3.59. The Labute approximate surface area is 145 Å². The van der Waals surface area contributed by atoms with Crippen molar-refractivity contribution in [2.75, 3.05) is 32.7 Å². The van der Waals surface area contributed by atoms with E-state index in [0.717, 1.165) is 13.1 Å². The van der Waals surface area contributed by atoms with Gasteiger partial charge in [0.15, 0.2) is 0 Å². The smallest absolute Gasteiger partial charge is 0.415 e. The molecule has 1 aromatic rings. The lowest BCUT2D eigenvalue weighted by molar-refractivity contribution is -0.389. The summed E-state index contributed by atoms with van der Waals surface area (Å²) in [6, 6.07) is -0.143. The van der Waals surface area contributed by atoms with Gasteiger partial charge < -0.3 is 20.0 Å². The number of fused-ring (bicyclic) bond motifs is 1. The summed E-state index contributed by atoms with van der Waals surface area (Å²) in [5, 5.41) is 20.0. The molecule has 10 heteroatoms. The first-order valence-corrected chi connectivity index (χ1v) is 8.41. The molecule has 1 saturated heterocycles. The van der Waals surface area contributed by atoms with E-state index in [0.29, 0.717) is 32.6 Å². The number of rotatable bonds is 6. The van der Waals surface area contributed by atoms with Gasteiger partial charge in [0.25, 0.3) is 0 Å². The minimum atomic E-state index is -0.769. The lowest BCUT2D eigenvalue weighted by atomic mass is 10.1. The van der Waals surface area contributed by atoms with Gasteiger partial charge in [0.05, 0.1) is 6.54 Å². The maximum atomic E-state index is 11.3. The second kappa shape index (κ2) is 6.60. The summed E-state index contributed by atoms with van der Waals surface area (Å²) in [5.41, 5.74) is -0.489. The van der Waals surface area contributed by atoms with Crippen molar-refractivity contribution in [3.63, 3.8) is 0 Å². The highest BCUT2D eigenvalue weighted by Crippen LogP contribution is 2.31. The molecule has 2 aliphatic rings. The highest BCUT2D eigenvalue weighted by molar-refractivity contribution is 5.73. The van der Waals surface area contributed by atoms with Gasteiger partial charge in [-0.1, -0.05) is 6.92 Å². The van der Waals surface area contributed by atoms with Gasteiger partial charge in [-0.15, -0.1) is 0 Å². The maximum absolute atomic E-state index is 11.3. The molecule has 2 unspecified atom stereocenters. The SMILES string of the molecule is CCC(C(=O)O)N1CCN(CC2(C)Cn3cc([N+](=O)[O-])nc3O2)CC1. The van der Waals surface area contributed by atoms with Crippen molar-refractivity contribution in [2.45, 2.75) is 38.5 Å². The molecular weight excluding hydrogens is 330 g/mol. The number of piperazine rings is 1. The van der Waals surface area contributed by atoms with E-state index in [1.54, 1.807) is 4.57 Å². The Morgan fingerprint density at radius 2 is 2.16 bits per heavy atom. The van der Waals surface area contributed by atoms with Gasteiger partial charge in [-0.2, -0.15) is 0 Å². The van der Waals surface area contributed by atoms with Crippen molar-refractivity contribution >= 4 is 11.8 Å². The van der Waals surface area contributed by atoms with E-state index in [9.17, 15) is 20.0 Å². The summed E-state index contributed by atoms with van der Waals surface area (Å²) in [4.78, 5) is 29.7. The topological polar surface area (TPSA) is 114 Å². The fraction of sp³-hybridized carbons (Fsp3) is 0.733. The molecule has 0 bridgehead atoms. The minimum Gasteiger partial charge on any atom is -0.480 e. The van der Waals surface area contributed by atoms with Gasteiger partial charge >= 0.3 is 17.8 Å². The summed E-state index contributed by atoms with van der Waals surface area (Å²) >= 11 is 0. The number of aliphatic carboxylic acids is 1. The van der Waals surface area contributed by atoms with Crippen molar-refractivity contribution in [1.82, 2.24) is 19.4 Å². The molecule has 0 aliphatic carbocycles. The first kappa shape index (κ1) is 17.6. The molecule has 25 heavy (non-hydrogen) atoms. The molecule has 10 nitrogen and oxygen atoms in total. The first-order chi connectivity index (χ1) is 11.8. The molecule has 0 aromatic carbocycles. The van der Waals surface area contributed by atoms with Gasteiger partial charge in [-0.3, -0.25) is 19.2 Å². The quantitative estimate of drug-likeness (QED) is 0.578. The van der Waals surface area contributed by atoms with Gasteiger partial charge in [-0.05, 0) is 18.3 Å². The van der Waals surface area contributed by atoms with E-state index in [1.165, 1.54) is 6.20 Å². The Morgan fingerprint density at radius 3 is 2.68 bits per heavy atom. The Morgan fingerprint density at radius 1 is 1.48 bits per heavy atom. The Bertz CT molecular complexity index is 644. The highest BCUT2D eigenvalue weighted by atomic mass is 16.6. The second-order valence-electron chi connectivity index (χ2n) is 6.89. The van der Waals surface area contributed by atoms with Gasteiger partial charge in [-0.25, -0.2) is 0 Å². The number of nitrogens with zero attached hydrogens (tertiary/aromatic N) is 5. The lowest BCUT2D eigenvalue weighted by Crippen LogP contribution is -2.56. The van der Waals surface area contributed by atoms with Crippen molar-refractivity contribution in [2.24, 2.45) is 0 Å². The van der Waals surface area contributed by atoms with E-state index in [4.69, 9.17) is 4.74 Å². The Kier molecular flexibility index (Phi) is 4.65. The second-order valence-corrected chi connectivity index (χ2v) is 6.89. The van der Waals surface area contributed by atoms with Crippen LogP contribution >= 0.6 is 0 Å². The van der Waals surface area contributed by atoms with E-state index in [-0.39, 0.29) is 11.8 Å². The van der Waals surface area contributed by atoms with E-state index in [1.807, 2.05) is 18.7 Å². The highest BCUT2D eigenvalue weighted by Gasteiger charge is 2.42. The molecule has 138 valence electrons. The monoisotopic (exact) mass is 353 g/mol. The largest absolute Gasteiger partial charge is 0.480 e. The molecule has 1 N–H and O–H groups in total. The fourth-order valence-corrected chi connectivity index (χ4v) is 3.66. The molecule has 2 aliphatic heterocycles. The zero-order valence-electron chi connectivity index (χ0n) is 14.4. The molecule has 0 saturated carbocycles. The summed E-state index contributed by atoms with van der Waals surface area (Å²) in [5.74, 6) is -0.973. The number of carbonyl (C=O) groups is 1. The van der Waals surface area contributed by atoms with E-state index >= 15 is 0 Å². The van der Waals surface area contributed by atoms with Crippen molar-refractivity contribution < 1.29 is 19.6 Å². The Balaban J connectivity index is 1.55. The summed E-state index contributed by atoms with van der Waals surface area (Å²) < 4.78 is 7.53. The molecule has 1 aromatic heterocycles. The van der Waals surface area contributed by atoms with Gasteiger partial charge in [0, 0.05) is 37.7 Å². The summed E-state index contributed by atoms with van der Waals surface area (Å²) in [7, 11) is 0. The predicted octanol–water partition coefficient (Wildman–Crippen LogP) is 0.423. The first-order valence-electron chi connectivity index (χ1n) is 8.41. The van der Waals surface area contributed by atoms with Crippen molar-refractivity contribution in [3.05, 3.63) is 16.3 Å². The molecule has 2 atom stereocenters. The van der Waals surface area contributed by atoms with Gasteiger partial charge in [0.1, 0.15) is 17.8 Å². The van der Waals surface area contributed by atoms with E-state index < -0.39 is 22.5 Å². The third-order valence-electron chi connectivity index (χ3n) is 4.83. The van der Waals surface area contributed by atoms with Gasteiger partial charge in [0.2, 0.25) is 0 Å². The zero-order valence-corrected chi connectivity index (χ0v) is 14.4. The molecule has 0 amide bonds. The minimum absolute atomic E-state index is 0.204. The third-order valence-corrected chi connectivity index (χ3v) is 4.83. The average molecular weight is 353 g/mol. The lowest BCUT2D eigenvalue weighted by Gasteiger charge is -2.39. The van der Waals surface area contributed by atoms with Crippen LogP contribution in [0.4, 0.5) is 5.82 Å². The predicted molar refractivity (Wildman–Crippen MR) is 87.6 cm³/mol. The number of aromatic nitrogens is 2. The maximum Gasteiger partial charge on any atom is 0.415 e. The normalized spacial score (nSPS) is 25.4. The average Bonchev–Trinajstić information content (AvgIpc) is 3.04. The van der Waals surface area contributed by atoms with Crippen LogP contribution in [0, 0.1) is 10.1 Å². The standard InChI is InChI=1S/C15H23N5O5/c1-3-11(13(21)22)18-6-4-17(5-7-18)9-15(2)10-19-8-12(20(23)24)16-14(19)25-15/h8,11H,3-7,9-10H2,1-2H3,(H,21,22). The Hall–Kier alpha value is -2.20. The number of nitro groups is 1. The van der Waals surface area contributed by atoms with Crippen molar-refractivity contribution in [3.8, 4) is 6.01 Å². The molecular formula is C15H23N5O5. The molecule has 3 heterocycles.